The number of hydrogen-bond acceptors (Lipinski definition) is 1. The Balaban J connectivity index is 1.91. The fraction of sp³-hybridized carbons (Fsp3) is 0.0435. The second-order valence-electron chi connectivity index (χ2n) is 5.98. The fourth-order valence-corrected chi connectivity index (χ4v) is 3.16. The van der Waals surface area contributed by atoms with Crippen LogP contribution in [0, 0.1) is 12.3 Å². The Kier molecular flexibility index (Phi) is 3.34. The van der Waals surface area contributed by atoms with Crippen LogP contribution in [0.2, 0.25) is 0 Å². The molecule has 4 rings (SSSR count). The standard InChI is InChI=1S/C23H16O/c1-2-23(24,21-13-11-17-7-3-5-9-19(17)15-21)22-14-12-18-8-4-6-10-20(18)16-22/h1,3-16,24H. The molecule has 4 aromatic rings. The Hall–Kier alpha value is -3.08. The summed E-state index contributed by atoms with van der Waals surface area (Å²) in [6.45, 7) is 0. The Morgan fingerprint density at radius 2 is 1.04 bits per heavy atom. The molecule has 0 heterocycles. The number of fused-ring (bicyclic) bond motifs is 2. The molecule has 0 saturated heterocycles. The molecule has 24 heavy (non-hydrogen) atoms. The quantitative estimate of drug-likeness (QED) is 0.524. The summed E-state index contributed by atoms with van der Waals surface area (Å²) in [7, 11) is 0. The molecule has 0 amide bonds. The predicted molar refractivity (Wildman–Crippen MR) is 99.7 cm³/mol. The van der Waals surface area contributed by atoms with Crippen molar-refractivity contribution in [2.45, 2.75) is 5.60 Å². The van der Waals surface area contributed by atoms with Crippen LogP contribution in [0.3, 0.4) is 0 Å². The third-order valence-electron chi connectivity index (χ3n) is 4.54. The van der Waals surface area contributed by atoms with Crippen molar-refractivity contribution in [2.75, 3.05) is 0 Å². The van der Waals surface area contributed by atoms with Gasteiger partial charge >= 0.3 is 0 Å². The zero-order valence-electron chi connectivity index (χ0n) is 13.1. The van der Waals surface area contributed by atoms with Gasteiger partial charge in [-0.2, -0.15) is 0 Å². The Morgan fingerprint density at radius 1 is 0.625 bits per heavy atom. The number of terminal acetylenes is 1. The molecule has 0 aliphatic rings. The van der Waals surface area contributed by atoms with E-state index in [4.69, 9.17) is 6.42 Å². The molecule has 0 fully saturated rings. The largest absolute Gasteiger partial charge is 0.369 e. The summed E-state index contributed by atoms with van der Waals surface area (Å²) in [5.41, 5.74) is -0.0356. The van der Waals surface area contributed by atoms with Crippen LogP contribution in [0.5, 0.6) is 0 Å². The third-order valence-corrected chi connectivity index (χ3v) is 4.54. The molecule has 1 nitrogen and oxygen atoms in total. The first-order valence-electron chi connectivity index (χ1n) is 7.89. The summed E-state index contributed by atoms with van der Waals surface area (Å²) in [6.07, 6.45) is 5.76. The van der Waals surface area contributed by atoms with Gasteiger partial charge < -0.3 is 5.11 Å². The molecular weight excluding hydrogens is 292 g/mol. The number of aliphatic hydroxyl groups is 1. The molecule has 0 unspecified atom stereocenters. The van der Waals surface area contributed by atoms with Crippen molar-refractivity contribution < 1.29 is 5.11 Å². The Morgan fingerprint density at radius 3 is 1.46 bits per heavy atom. The lowest BCUT2D eigenvalue weighted by Crippen LogP contribution is -2.25. The van der Waals surface area contributed by atoms with Gasteiger partial charge in [0.25, 0.3) is 0 Å². The van der Waals surface area contributed by atoms with Gasteiger partial charge in [-0.3, -0.25) is 0 Å². The zero-order valence-corrected chi connectivity index (χ0v) is 13.1. The highest BCUT2D eigenvalue weighted by atomic mass is 16.3. The molecule has 114 valence electrons. The van der Waals surface area contributed by atoms with Crippen LogP contribution in [0.4, 0.5) is 0 Å². The van der Waals surface area contributed by atoms with Gasteiger partial charge in [0.15, 0.2) is 5.60 Å². The summed E-state index contributed by atoms with van der Waals surface area (Å²) in [6, 6.07) is 27.8. The van der Waals surface area contributed by atoms with Crippen LogP contribution in [-0.4, -0.2) is 5.11 Å². The average Bonchev–Trinajstić information content (AvgIpc) is 2.66. The van der Waals surface area contributed by atoms with Gasteiger partial charge in [0.2, 0.25) is 0 Å². The molecule has 0 aromatic heterocycles. The van der Waals surface area contributed by atoms with Gasteiger partial charge in [-0.15, -0.1) is 6.42 Å². The maximum Gasteiger partial charge on any atom is 0.176 e. The summed E-state index contributed by atoms with van der Waals surface area (Å²) in [5, 5.41) is 15.6. The lowest BCUT2D eigenvalue weighted by molar-refractivity contribution is 0.146. The van der Waals surface area contributed by atoms with Crippen molar-refractivity contribution in [1.82, 2.24) is 0 Å². The first-order chi connectivity index (χ1) is 11.7. The smallest absolute Gasteiger partial charge is 0.176 e. The highest BCUT2D eigenvalue weighted by molar-refractivity contribution is 5.85. The summed E-state index contributed by atoms with van der Waals surface area (Å²) in [4.78, 5) is 0. The van der Waals surface area contributed by atoms with E-state index in [-0.39, 0.29) is 0 Å². The Labute approximate surface area is 141 Å². The van der Waals surface area contributed by atoms with E-state index in [0.717, 1.165) is 21.5 Å². The van der Waals surface area contributed by atoms with Crippen LogP contribution in [-0.2, 0) is 5.60 Å². The monoisotopic (exact) mass is 308 g/mol. The van der Waals surface area contributed by atoms with Crippen molar-refractivity contribution in [1.29, 1.82) is 0 Å². The van der Waals surface area contributed by atoms with E-state index in [0.29, 0.717) is 11.1 Å². The molecule has 0 radical (unpaired) electrons. The van der Waals surface area contributed by atoms with E-state index in [1.165, 1.54) is 0 Å². The van der Waals surface area contributed by atoms with Gasteiger partial charge in [-0.05, 0) is 33.7 Å². The highest BCUT2D eigenvalue weighted by Gasteiger charge is 2.29. The van der Waals surface area contributed by atoms with Crippen molar-refractivity contribution in [2.24, 2.45) is 0 Å². The van der Waals surface area contributed by atoms with E-state index >= 15 is 0 Å². The number of benzene rings is 4. The van der Waals surface area contributed by atoms with Crippen molar-refractivity contribution >= 4 is 21.5 Å². The minimum Gasteiger partial charge on any atom is -0.369 e. The highest BCUT2D eigenvalue weighted by Crippen LogP contribution is 2.32. The van der Waals surface area contributed by atoms with Crippen molar-refractivity contribution in [3.8, 4) is 12.3 Å². The minimum atomic E-state index is -1.45. The summed E-state index contributed by atoms with van der Waals surface area (Å²) < 4.78 is 0. The topological polar surface area (TPSA) is 20.2 Å². The summed E-state index contributed by atoms with van der Waals surface area (Å²) in [5.74, 6) is 2.60. The van der Waals surface area contributed by atoms with E-state index < -0.39 is 5.60 Å². The lowest BCUT2D eigenvalue weighted by Gasteiger charge is -2.24. The number of rotatable bonds is 2. The molecule has 0 aliphatic heterocycles. The molecule has 0 spiro atoms. The SMILES string of the molecule is C#CC(O)(c1ccc2ccccc2c1)c1ccc2ccccc2c1. The molecule has 1 heteroatoms. The molecule has 0 atom stereocenters. The van der Waals surface area contributed by atoms with Gasteiger partial charge in [0.1, 0.15) is 0 Å². The first-order valence-corrected chi connectivity index (χ1v) is 7.89. The number of hydrogen-bond donors (Lipinski definition) is 1. The second kappa shape index (κ2) is 5.53. The molecule has 0 aliphatic carbocycles. The van der Waals surface area contributed by atoms with E-state index in [9.17, 15) is 5.11 Å². The lowest BCUT2D eigenvalue weighted by atomic mass is 9.85. The van der Waals surface area contributed by atoms with Crippen LogP contribution in [0.15, 0.2) is 84.9 Å². The van der Waals surface area contributed by atoms with E-state index in [1.54, 1.807) is 0 Å². The van der Waals surface area contributed by atoms with Gasteiger partial charge in [-0.25, -0.2) is 0 Å². The molecule has 1 N–H and O–H groups in total. The summed E-state index contributed by atoms with van der Waals surface area (Å²) >= 11 is 0. The molecule has 4 aromatic carbocycles. The predicted octanol–water partition coefficient (Wildman–Crippen LogP) is 4.86. The van der Waals surface area contributed by atoms with Crippen LogP contribution >= 0.6 is 0 Å². The average molecular weight is 308 g/mol. The maximum atomic E-state index is 11.2. The zero-order chi connectivity index (χ0) is 16.6. The third kappa shape index (κ3) is 2.25. The van der Waals surface area contributed by atoms with Crippen LogP contribution in [0.25, 0.3) is 21.5 Å². The normalized spacial score (nSPS) is 11.5. The minimum absolute atomic E-state index is 0.707. The van der Waals surface area contributed by atoms with Gasteiger partial charge in [0.05, 0.1) is 0 Å². The van der Waals surface area contributed by atoms with Crippen molar-refractivity contribution in [3.05, 3.63) is 96.1 Å². The van der Waals surface area contributed by atoms with Crippen molar-refractivity contribution in [3.63, 3.8) is 0 Å². The van der Waals surface area contributed by atoms with E-state index in [2.05, 4.69) is 5.92 Å². The van der Waals surface area contributed by atoms with E-state index in [1.807, 2.05) is 84.9 Å². The first kappa shape index (κ1) is 14.5. The fourth-order valence-electron chi connectivity index (χ4n) is 3.16. The second-order valence-corrected chi connectivity index (χ2v) is 5.98. The van der Waals surface area contributed by atoms with Gasteiger partial charge in [-0.1, -0.05) is 78.7 Å². The molecule has 0 saturated carbocycles. The van der Waals surface area contributed by atoms with Crippen LogP contribution in [0.1, 0.15) is 11.1 Å². The van der Waals surface area contributed by atoms with Gasteiger partial charge in [0, 0.05) is 11.1 Å². The molecular formula is C23H16O. The molecule has 0 bridgehead atoms. The Bertz CT molecular complexity index is 1010. The maximum absolute atomic E-state index is 11.2. The van der Waals surface area contributed by atoms with Crippen LogP contribution < -0.4 is 0 Å².